The number of benzene rings is 2. The summed E-state index contributed by atoms with van der Waals surface area (Å²) in [6.07, 6.45) is 2.93. The van der Waals surface area contributed by atoms with Gasteiger partial charge in [0.05, 0.1) is 16.1 Å². The van der Waals surface area contributed by atoms with Crippen molar-refractivity contribution in [2.75, 3.05) is 17.5 Å². The molecule has 1 heterocycles. The first kappa shape index (κ1) is 24.8. The maximum Gasteiger partial charge on any atom is 0.338 e. The molecule has 0 unspecified atom stereocenters. The molecule has 1 saturated heterocycles. The molecule has 1 fully saturated rings. The summed E-state index contributed by atoms with van der Waals surface area (Å²) in [7, 11) is -3.90. The lowest BCUT2D eigenvalue weighted by Gasteiger charge is -2.38. The minimum absolute atomic E-state index is 0.0345. The second-order valence-electron chi connectivity index (χ2n) is 8.49. The van der Waals surface area contributed by atoms with Gasteiger partial charge in [0.25, 0.3) is 15.9 Å². The van der Waals surface area contributed by atoms with Crippen molar-refractivity contribution in [2.24, 2.45) is 0 Å². The third-order valence-electron chi connectivity index (χ3n) is 6.13. The summed E-state index contributed by atoms with van der Waals surface area (Å²) in [5, 5.41) is 0. The Morgan fingerprint density at radius 3 is 2.30 bits per heavy atom. The van der Waals surface area contributed by atoms with Crippen molar-refractivity contribution >= 4 is 27.6 Å². The van der Waals surface area contributed by atoms with Crippen LogP contribution in [0.5, 0.6) is 0 Å². The molecule has 0 bridgehead atoms. The molecule has 2 atom stereocenters. The second kappa shape index (κ2) is 10.4. The van der Waals surface area contributed by atoms with Crippen molar-refractivity contribution in [3.63, 3.8) is 0 Å². The number of likely N-dealkylation sites (tertiary alicyclic amines) is 1. The Kier molecular flexibility index (Phi) is 7.79. The molecule has 1 aliphatic rings. The van der Waals surface area contributed by atoms with Crippen LogP contribution in [0.3, 0.4) is 0 Å². The molecule has 33 heavy (non-hydrogen) atoms. The summed E-state index contributed by atoms with van der Waals surface area (Å²) in [4.78, 5) is 27.2. The third kappa shape index (κ3) is 5.38. The average molecular weight is 473 g/mol. The van der Waals surface area contributed by atoms with Crippen LogP contribution in [0.4, 0.5) is 5.69 Å². The van der Waals surface area contributed by atoms with E-state index in [1.165, 1.54) is 16.4 Å². The van der Waals surface area contributed by atoms with E-state index in [2.05, 4.69) is 0 Å². The van der Waals surface area contributed by atoms with Gasteiger partial charge in [0.1, 0.15) is 0 Å². The first-order valence-electron chi connectivity index (χ1n) is 11.3. The number of hydrogen-bond donors (Lipinski definition) is 0. The number of sulfonamides is 1. The number of para-hydroxylation sites is 1. The number of esters is 1. The van der Waals surface area contributed by atoms with Crippen molar-refractivity contribution in [2.45, 2.75) is 63.9 Å². The minimum atomic E-state index is -3.90. The molecule has 2 aromatic carbocycles. The maximum absolute atomic E-state index is 13.4. The number of ether oxygens (including phenoxy) is 1. The zero-order valence-corrected chi connectivity index (χ0v) is 20.5. The summed E-state index contributed by atoms with van der Waals surface area (Å²) >= 11 is 0. The highest BCUT2D eigenvalue weighted by atomic mass is 32.2. The minimum Gasteiger partial charge on any atom is -0.452 e. The van der Waals surface area contributed by atoms with Gasteiger partial charge in [-0.05, 0) is 76.8 Å². The monoisotopic (exact) mass is 472 g/mol. The van der Waals surface area contributed by atoms with Gasteiger partial charge in [0.2, 0.25) is 0 Å². The van der Waals surface area contributed by atoms with Gasteiger partial charge in [0.15, 0.2) is 6.61 Å². The first-order chi connectivity index (χ1) is 15.7. The van der Waals surface area contributed by atoms with Crippen LogP contribution in [0, 0.1) is 6.92 Å². The van der Waals surface area contributed by atoms with Crippen LogP contribution in [0.2, 0.25) is 0 Å². The Balaban J connectivity index is 1.79. The predicted octanol–water partition coefficient (Wildman–Crippen LogP) is 4.16. The molecule has 7 nitrogen and oxygen atoms in total. The summed E-state index contributed by atoms with van der Waals surface area (Å²) in [6, 6.07) is 13.5. The number of carbonyl (C=O) groups excluding carboxylic acids is 2. The summed E-state index contributed by atoms with van der Waals surface area (Å²) < 4.78 is 33.4. The molecular formula is C25H32N2O5S. The predicted molar refractivity (Wildman–Crippen MR) is 128 cm³/mol. The number of rotatable bonds is 7. The smallest absolute Gasteiger partial charge is 0.338 e. The normalized spacial score (nSPS) is 18.6. The van der Waals surface area contributed by atoms with E-state index in [9.17, 15) is 18.0 Å². The molecule has 0 radical (unpaired) electrons. The van der Waals surface area contributed by atoms with E-state index in [1.807, 2.05) is 19.9 Å². The highest BCUT2D eigenvalue weighted by Gasteiger charge is 2.30. The Morgan fingerprint density at radius 2 is 1.70 bits per heavy atom. The van der Waals surface area contributed by atoms with Crippen molar-refractivity contribution in [3.8, 4) is 0 Å². The van der Waals surface area contributed by atoms with Crippen molar-refractivity contribution < 1.29 is 22.7 Å². The highest BCUT2D eigenvalue weighted by Crippen LogP contribution is 2.27. The van der Waals surface area contributed by atoms with E-state index in [-0.39, 0.29) is 41.6 Å². The standard InChI is InChI=1S/C25H32N2O5S/c1-5-26(22-12-7-6-8-13-22)33(30,31)23-16-21(15-14-18(23)2)25(29)32-17-24(28)27-19(3)10-9-11-20(27)4/h6-8,12-16,19-20H,5,9-11,17H2,1-4H3/t19-,20-/m0/s1. The zero-order valence-electron chi connectivity index (χ0n) is 19.7. The van der Waals surface area contributed by atoms with Crippen LogP contribution in [-0.4, -0.2) is 50.4 Å². The van der Waals surface area contributed by atoms with Gasteiger partial charge in [0, 0.05) is 18.6 Å². The molecule has 1 aliphatic heterocycles. The molecule has 0 aromatic heterocycles. The molecule has 8 heteroatoms. The van der Waals surface area contributed by atoms with Crippen LogP contribution in [0.25, 0.3) is 0 Å². The van der Waals surface area contributed by atoms with Gasteiger partial charge in [-0.15, -0.1) is 0 Å². The van der Waals surface area contributed by atoms with E-state index >= 15 is 0 Å². The Hall–Kier alpha value is -2.87. The number of aryl methyl sites for hydroxylation is 1. The van der Waals surface area contributed by atoms with Crippen LogP contribution < -0.4 is 4.31 Å². The number of piperidine rings is 1. The third-order valence-corrected chi connectivity index (χ3v) is 8.18. The van der Waals surface area contributed by atoms with Gasteiger partial charge in [-0.25, -0.2) is 13.2 Å². The Morgan fingerprint density at radius 1 is 1.06 bits per heavy atom. The quantitative estimate of drug-likeness (QED) is 0.565. The molecule has 2 aromatic rings. The molecule has 1 amide bonds. The lowest BCUT2D eigenvalue weighted by molar-refractivity contribution is -0.140. The van der Waals surface area contributed by atoms with Crippen LogP contribution >= 0.6 is 0 Å². The fourth-order valence-corrected chi connectivity index (χ4v) is 6.13. The maximum atomic E-state index is 13.4. The first-order valence-corrected chi connectivity index (χ1v) is 12.8. The lowest BCUT2D eigenvalue weighted by atomic mass is 9.97. The number of amides is 1. The van der Waals surface area contributed by atoms with E-state index in [0.29, 0.717) is 11.3 Å². The Labute approximate surface area is 196 Å². The Bertz CT molecular complexity index is 1090. The molecule has 0 N–H and O–H groups in total. The van der Waals surface area contributed by atoms with E-state index < -0.39 is 16.0 Å². The van der Waals surface area contributed by atoms with Crippen molar-refractivity contribution in [1.29, 1.82) is 0 Å². The topological polar surface area (TPSA) is 84.0 Å². The van der Waals surface area contributed by atoms with Crippen LogP contribution in [0.15, 0.2) is 53.4 Å². The highest BCUT2D eigenvalue weighted by molar-refractivity contribution is 7.92. The molecule has 178 valence electrons. The van der Waals surface area contributed by atoms with E-state index in [0.717, 1.165) is 19.3 Å². The summed E-state index contributed by atoms with van der Waals surface area (Å²) in [5.41, 5.74) is 1.16. The van der Waals surface area contributed by atoms with Crippen LogP contribution in [0.1, 0.15) is 56.0 Å². The number of hydrogen-bond acceptors (Lipinski definition) is 5. The van der Waals surface area contributed by atoms with Gasteiger partial charge in [-0.1, -0.05) is 24.3 Å². The van der Waals surface area contributed by atoms with E-state index in [4.69, 9.17) is 4.74 Å². The van der Waals surface area contributed by atoms with E-state index in [1.54, 1.807) is 49.1 Å². The van der Waals surface area contributed by atoms with Gasteiger partial charge in [-0.2, -0.15) is 0 Å². The van der Waals surface area contributed by atoms with Crippen molar-refractivity contribution in [3.05, 3.63) is 59.7 Å². The molecule has 0 aliphatic carbocycles. The molecule has 0 saturated carbocycles. The number of carbonyl (C=O) groups is 2. The SMILES string of the molecule is CCN(c1ccccc1)S(=O)(=O)c1cc(C(=O)OCC(=O)N2[C@@H](C)CCC[C@@H]2C)ccc1C. The van der Waals surface area contributed by atoms with Gasteiger partial charge in [-0.3, -0.25) is 9.10 Å². The molecule has 0 spiro atoms. The summed E-state index contributed by atoms with van der Waals surface area (Å²) in [6.45, 7) is 7.31. The zero-order chi connectivity index (χ0) is 24.2. The number of anilines is 1. The molecule has 3 rings (SSSR count). The fourth-order valence-electron chi connectivity index (χ4n) is 4.41. The van der Waals surface area contributed by atoms with Crippen molar-refractivity contribution in [1.82, 2.24) is 4.90 Å². The largest absolute Gasteiger partial charge is 0.452 e. The lowest BCUT2D eigenvalue weighted by Crippen LogP contribution is -2.49. The second-order valence-corrected chi connectivity index (χ2v) is 10.3. The average Bonchev–Trinajstić information content (AvgIpc) is 2.78. The fraction of sp³-hybridized carbons (Fsp3) is 0.440. The van der Waals surface area contributed by atoms with Gasteiger partial charge < -0.3 is 9.64 Å². The summed E-state index contributed by atoms with van der Waals surface area (Å²) in [5.74, 6) is -0.955. The van der Waals surface area contributed by atoms with Gasteiger partial charge >= 0.3 is 5.97 Å². The molecular weight excluding hydrogens is 440 g/mol. The van der Waals surface area contributed by atoms with Crippen LogP contribution in [-0.2, 0) is 19.6 Å². The number of nitrogens with zero attached hydrogens (tertiary/aromatic N) is 2.